The van der Waals surface area contributed by atoms with E-state index < -0.39 is 37.1 Å². The number of ether oxygens (including phenoxy) is 2. The molecule has 2 aliphatic carbocycles. The van der Waals surface area contributed by atoms with Crippen molar-refractivity contribution in [1.82, 2.24) is 29.3 Å². The van der Waals surface area contributed by atoms with E-state index in [9.17, 15) is 20.1 Å². The predicted octanol–water partition coefficient (Wildman–Crippen LogP) is 0.401. The molecule has 0 amide bonds. The second-order valence-electron chi connectivity index (χ2n) is 9.74. The first-order valence-electron chi connectivity index (χ1n) is 12.3. The number of hydrogen-bond donors (Lipinski definition) is 4. The molecule has 0 aromatic carbocycles. The SMILES string of the molecule is CCOC(=O)c1cnn(-c2nc(NC3CC4CCC3C4)c3ncn(C4OC(CO)C(O)C4O)c3n2)c1. The van der Waals surface area contributed by atoms with Gasteiger partial charge in [-0.1, -0.05) is 6.42 Å². The lowest BCUT2D eigenvalue weighted by Crippen LogP contribution is -2.33. The average molecular weight is 500 g/mol. The molecule has 0 radical (unpaired) electrons. The minimum atomic E-state index is -1.29. The van der Waals surface area contributed by atoms with Gasteiger partial charge in [0.1, 0.15) is 18.3 Å². The van der Waals surface area contributed by atoms with Gasteiger partial charge in [0.05, 0.1) is 31.3 Å². The Morgan fingerprint density at radius 3 is 2.81 bits per heavy atom. The molecular formula is C23H29N7O6. The first kappa shape index (κ1) is 23.3. The lowest BCUT2D eigenvalue weighted by atomic mass is 9.95. The van der Waals surface area contributed by atoms with Crippen molar-refractivity contribution in [2.45, 2.75) is 63.2 Å². The van der Waals surface area contributed by atoms with Gasteiger partial charge in [-0.3, -0.25) is 4.57 Å². The van der Waals surface area contributed by atoms with E-state index in [2.05, 4.69) is 20.4 Å². The first-order chi connectivity index (χ1) is 17.5. The van der Waals surface area contributed by atoms with Crippen LogP contribution in [0.3, 0.4) is 0 Å². The molecule has 3 aromatic heterocycles. The number of aromatic nitrogens is 6. The van der Waals surface area contributed by atoms with E-state index in [1.165, 1.54) is 47.2 Å². The summed E-state index contributed by atoms with van der Waals surface area (Å²) in [5.41, 5.74) is 1.10. The molecule has 6 rings (SSSR count). The average Bonchev–Trinajstić information content (AvgIpc) is 3.69. The lowest BCUT2D eigenvalue weighted by molar-refractivity contribution is -0.0511. The van der Waals surface area contributed by atoms with Gasteiger partial charge in [0.25, 0.3) is 5.95 Å². The molecule has 4 N–H and O–H groups in total. The summed E-state index contributed by atoms with van der Waals surface area (Å²) in [4.78, 5) is 26.0. The van der Waals surface area contributed by atoms with Gasteiger partial charge in [0, 0.05) is 12.2 Å². The van der Waals surface area contributed by atoms with Gasteiger partial charge in [0.15, 0.2) is 23.2 Å². The number of aliphatic hydroxyl groups excluding tert-OH is 3. The third kappa shape index (κ3) is 3.82. The number of hydrogen-bond acceptors (Lipinski definition) is 11. The number of imidazole rings is 1. The number of carbonyl (C=O) groups excluding carboxylic acids is 1. The fourth-order valence-electron chi connectivity index (χ4n) is 5.75. The highest BCUT2D eigenvalue weighted by Crippen LogP contribution is 2.46. The topological polar surface area (TPSA) is 170 Å². The van der Waals surface area contributed by atoms with Crippen molar-refractivity contribution in [3.63, 3.8) is 0 Å². The van der Waals surface area contributed by atoms with Gasteiger partial charge in [0.2, 0.25) is 0 Å². The smallest absolute Gasteiger partial charge is 0.341 e. The summed E-state index contributed by atoms with van der Waals surface area (Å²) >= 11 is 0. The molecule has 7 atom stereocenters. The number of nitrogens with zero attached hydrogens (tertiary/aromatic N) is 6. The van der Waals surface area contributed by atoms with Gasteiger partial charge < -0.3 is 30.1 Å². The highest BCUT2D eigenvalue weighted by Gasteiger charge is 2.44. The maximum Gasteiger partial charge on any atom is 0.341 e. The summed E-state index contributed by atoms with van der Waals surface area (Å²) < 4.78 is 13.7. The van der Waals surface area contributed by atoms with Crippen LogP contribution in [-0.2, 0) is 9.47 Å². The van der Waals surface area contributed by atoms with Crippen LogP contribution in [-0.4, -0.2) is 88.2 Å². The molecular weight excluding hydrogens is 470 g/mol. The van der Waals surface area contributed by atoms with Crippen molar-refractivity contribution < 1.29 is 29.6 Å². The molecule has 3 fully saturated rings. The Morgan fingerprint density at radius 2 is 2.11 bits per heavy atom. The molecule has 13 heteroatoms. The zero-order chi connectivity index (χ0) is 25.0. The van der Waals surface area contributed by atoms with Crippen molar-refractivity contribution in [1.29, 1.82) is 0 Å². The highest BCUT2D eigenvalue weighted by atomic mass is 16.6. The van der Waals surface area contributed by atoms with Gasteiger partial charge in [-0.2, -0.15) is 15.1 Å². The number of fused-ring (bicyclic) bond motifs is 3. The second kappa shape index (κ2) is 9.07. The van der Waals surface area contributed by atoms with Crippen LogP contribution in [0.15, 0.2) is 18.7 Å². The van der Waals surface area contributed by atoms with E-state index in [4.69, 9.17) is 14.5 Å². The molecule has 7 unspecified atom stereocenters. The number of carbonyl (C=O) groups is 1. The van der Waals surface area contributed by atoms with E-state index >= 15 is 0 Å². The molecule has 3 aromatic rings. The Morgan fingerprint density at radius 1 is 1.25 bits per heavy atom. The van der Waals surface area contributed by atoms with Gasteiger partial charge in [-0.05, 0) is 38.0 Å². The van der Waals surface area contributed by atoms with Crippen LogP contribution >= 0.6 is 0 Å². The fourth-order valence-corrected chi connectivity index (χ4v) is 5.75. The van der Waals surface area contributed by atoms with E-state index in [-0.39, 0.29) is 24.2 Å². The van der Waals surface area contributed by atoms with Crippen molar-refractivity contribution in [2.75, 3.05) is 18.5 Å². The minimum absolute atomic E-state index is 0.192. The Kier molecular flexibility index (Phi) is 5.86. The fraction of sp³-hybridized carbons (Fsp3) is 0.609. The van der Waals surface area contributed by atoms with Crippen LogP contribution in [0.4, 0.5) is 5.82 Å². The van der Waals surface area contributed by atoms with Crippen LogP contribution in [0, 0.1) is 11.8 Å². The second-order valence-corrected chi connectivity index (χ2v) is 9.74. The summed E-state index contributed by atoms with van der Waals surface area (Å²) in [7, 11) is 0. The number of rotatable bonds is 7. The Balaban J connectivity index is 1.41. The zero-order valence-corrected chi connectivity index (χ0v) is 19.8. The first-order valence-corrected chi connectivity index (χ1v) is 12.3. The maximum atomic E-state index is 12.2. The summed E-state index contributed by atoms with van der Waals surface area (Å²) in [6.07, 6.45) is 4.58. The molecule has 192 valence electrons. The van der Waals surface area contributed by atoms with E-state index in [0.717, 1.165) is 12.3 Å². The number of nitrogens with one attached hydrogen (secondary N) is 1. The van der Waals surface area contributed by atoms with Crippen molar-refractivity contribution in [2.24, 2.45) is 11.8 Å². The number of esters is 1. The van der Waals surface area contributed by atoms with Gasteiger partial charge in [-0.25, -0.2) is 14.5 Å². The van der Waals surface area contributed by atoms with Crippen LogP contribution in [0.5, 0.6) is 0 Å². The molecule has 2 bridgehead atoms. The maximum absolute atomic E-state index is 12.2. The highest BCUT2D eigenvalue weighted by molar-refractivity contribution is 5.89. The minimum Gasteiger partial charge on any atom is -0.462 e. The van der Waals surface area contributed by atoms with Gasteiger partial charge >= 0.3 is 5.97 Å². The third-order valence-corrected chi connectivity index (χ3v) is 7.56. The Labute approximate surface area is 206 Å². The standard InChI is InChI=1S/C23H29N7O6/c1-2-35-22(34)13-7-25-30(8-13)23-27-19(26-14-6-11-3-4-12(14)5-11)16-20(28-23)29(10-24-16)21-18(33)17(32)15(9-31)36-21/h7-8,10-12,14-15,17-18,21,31-33H,2-6,9H2,1H3,(H,26,27,28). The third-order valence-electron chi connectivity index (χ3n) is 7.56. The molecule has 1 saturated heterocycles. The van der Waals surface area contributed by atoms with E-state index in [0.29, 0.717) is 22.9 Å². The van der Waals surface area contributed by atoms with E-state index in [1.54, 1.807) is 6.92 Å². The van der Waals surface area contributed by atoms with Crippen LogP contribution in [0.1, 0.15) is 49.2 Å². The Bertz CT molecular complexity index is 1280. The molecule has 3 aliphatic rings. The predicted molar refractivity (Wildman–Crippen MR) is 124 cm³/mol. The number of anilines is 1. The summed E-state index contributed by atoms with van der Waals surface area (Å²) in [5, 5.41) is 38.2. The molecule has 2 saturated carbocycles. The van der Waals surface area contributed by atoms with Crippen LogP contribution < -0.4 is 5.32 Å². The largest absolute Gasteiger partial charge is 0.462 e. The summed E-state index contributed by atoms with van der Waals surface area (Å²) in [6, 6.07) is 0.265. The van der Waals surface area contributed by atoms with E-state index in [1.807, 2.05) is 0 Å². The van der Waals surface area contributed by atoms with Crippen LogP contribution in [0.25, 0.3) is 17.1 Å². The normalized spacial score (nSPS) is 31.4. The molecule has 1 aliphatic heterocycles. The Hall–Kier alpha value is -3.13. The summed E-state index contributed by atoms with van der Waals surface area (Å²) in [6.45, 7) is 1.53. The molecule has 36 heavy (non-hydrogen) atoms. The van der Waals surface area contributed by atoms with Crippen molar-refractivity contribution in [3.8, 4) is 5.95 Å². The number of aliphatic hydroxyl groups is 3. The lowest BCUT2D eigenvalue weighted by Gasteiger charge is -2.23. The van der Waals surface area contributed by atoms with Crippen molar-refractivity contribution >= 4 is 23.0 Å². The van der Waals surface area contributed by atoms with Crippen molar-refractivity contribution in [3.05, 3.63) is 24.3 Å². The molecule has 4 heterocycles. The molecule has 13 nitrogen and oxygen atoms in total. The zero-order valence-electron chi connectivity index (χ0n) is 19.8. The van der Waals surface area contributed by atoms with Crippen LogP contribution in [0.2, 0.25) is 0 Å². The van der Waals surface area contributed by atoms with Gasteiger partial charge in [-0.15, -0.1) is 0 Å². The quantitative estimate of drug-likeness (QED) is 0.332. The monoisotopic (exact) mass is 499 g/mol. The summed E-state index contributed by atoms with van der Waals surface area (Å²) in [5.74, 6) is 1.51. The molecule has 0 spiro atoms.